The molecule has 0 aliphatic rings. The second-order valence-electron chi connectivity index (χ2n) is 5.70. The smallest absolute Gasteiger partial charge is 0.239 e. The topological polar surface area (TPSA) is 88.7 Å². The second kappa shape index (κ2) is 9.42. The van der Waals surface area contributed by atoms with Crippen molar-refractivity contribution in [3.8, 4) is 11.5 Å². The number of anilines is 2. The largest absolute Gasteiger partial charge is 0.493 e. The van der Waals surface area contributed by atoms with E-state index in [0.717, 1.165) is 5.56 Å². The summed E-state index contributed by atoms with van der Waals surface area (Å²) in [7, 11) is 3.10. The highest BCUT2D eigenvalue weighted by Gasteiger charge is 2.08. The number of nitrogens with one attached hydrogen (secondary N) is 3. The summed E-state index contributed by atoms with van der Waals surface area (Å²) in [5.41, 5.74) is 1.43. The van der Waals surface area contributed by atoms with Crippen LogP contribution in [0.5, 0.6) is 11.5 Å². The van der Waals surface area contributed by atoms with E-state index in [1.807, 2.05) is 6.07 Å². The number of amides is 2. The minimum absolute atomic E-state index is 0.00155. The molecule has 7 nitrogen and oxygen atoms in total. The third-order valence-corrected chi connectivity index (χ3v) is 3.67. The minimum Gasteiger partial charge on any atom is -0.493 e. The molecule has 27 heavy (non-hydrogen) atoms. The molecule has 0 fully saturated rings. The van der Waals surface area contributed by atoms with Gasteiger partial charge in [0.25, 0.3) is 0 Å². The van der Waals surface area contributed by atoms with Gasteiger partial charge in [0.1, 0.15) is 5.82 Å². The molecule has 3 N–H and O–H groups in total. The highest BCUT2D eigenvalue weighted by Crippen LogP contribution is 2.27. The summed E-state index contributed by atoms with van der Waals surface area (Å²) >= 11 is 0. The van der Waals surface area contributed by atoms with Crippen molar-refractivity contribution in [1.29, 1.82) is 0 Å². The van der Waals surface area contributed by atoms with Crippen LogP contribution in [-0.2, 0) is 16.1 Å². The van der Waals surface area contributed by atoms with Gasteiger partial charge in [-0.15, -0.1) is 0 Å². The molecule has 0 heterocycles. The molecule has 0 bridgehead atoms. The summed E-state index contributed by atoms with van der Waals surface area (Å²) in [6.45, 7) is 1.61. The molecule has 0 spiro atoms. The van der Waals surface area contributed by atoms with E-state index in [1.54, 1.807) is 26.4 Å². The van der Waals surface area contributed by atoms with Gasteiger partial charge >= 0.3 is 0 Å². The third kappa shape index (κ3) is 5.88. The molecule has 0 radical (unpaired) electrons. The molecule has 8 heteroatoms. The van der Waals surface area contributed by atoms with Gasteiger partial charge in [0.2, 0.25) is 11.8 Å². The molecule has 2 aromatic carbocycles. The molecule has 0 saturated heterocycles. The number of methoxy groups -OCH3 is 2. The number of hydrogen-bond donors (Lipinski definition) is 3. The Bertz CT molecular complexity index is 827. The van der Waals surface area contributed by atoms with Crippen molar-refractivity contribution in [2.24, 2.45) is 0 Å². The number of carbonyl (C=O) groups excluding carboxylic acids is 2. The summed E-state index contributed by atoms with van der Waals surface area (Å²) < 4.78 is 24.0. The van der Waals surface area contributed by atoms with Crippen molar-refractivity contribution in [2.75, 3.05) is 31.4 Å². The predicted octanol–water partition coefficient (Wildman–Crippen LogP) is 2.53. The number of benzene rings is 2. The van der Waals surface area contributed by atoms with Crippen molar-refractivity contribution in [3.63, 3.8) is 0 Å². The van der Waals surface area contributed by atoms with E-state index in [9.17, 15) is 14.0 Å². The maximum Gasteiger partial charge on any atom is 0.239 e. The number of ether oxygens (including phenoxy) is 2. The van der Waals surface area contributed by atoms with Gasteiger partial charge in [0.05, 0.1) is 26.5 Å². The molecular weight excluding hydrogens is 353 g/mol. The fraction of sp³-hybridized carbons (Fsp3) is 0.263. The zero-order valence-electron chi connectivity index (χ0n) is 15.4. The average molecular weight is 375 g/mol. The summed E-state index contributed by atoms with van der Waals surface area (Å²) in [6, 6.07) is 9.51. The number of rotatable bonds is 8. The summed E-state index contributed by atoms with van der Waals surface area (Å²) in [4.78, 5) is 23.1. The summed E-state index contributed by atoms with van der Waals surface area (Å²) in [6.07, 6.45) is 0. The molecular formula is C19H22FN3O4. The summed E-state index contributed by atoms with van der Waals surface area (Å²) in [5, 5.41) is 8.05. The fourth-order valence-electron chi connectivity index (χ4n) is 2.36. The quantitative estimate of drug-likeness (QED) is 0.660. The lowest BCUT2D eigenvalue weighted by Gasteiger charge is -2.12. The summed E-state index contributed by atoms with van der Waals surface area (Å²) in [5.74, 6) is 0.0299. The Morgan fingerprint density at radius 1 is 1.04 bits per heavy atom. The van der Waals surface area contributed by atoms with Crippen molar-refractivity contribution >= 4 is 23.2 Å². The van der Waals surface area contributed by atoms with E-state index in [2.05, 4.69) is 16.0 Å². The minimum atomic E-state index is -0.548. The maximum atomic E-state index is 13.6. The Labute approximate surface area is 156 Å². The predicted molar refractivity (Wildman–Crippen MR) is 101 cm³/mol. The molecule has 0 unspecified atom stereocenters. The first-order valence-electron chi connectivity index (χ1n) is 8.21. The van der Waals surface area contributed by atoms with Crippen LogP contribution in [0.3, 0.4) is 0 Å². The van der Waals surface area contributed by atoms with Crippen LogP contribution >= 0.6 is 0 Å². The van der Waals surface area contributed by atoms with Crippen molar-refractivity contribution < 1.29 is 23.5 Å². The maximum absolute atomic E-state index is 13.6. The highest BCUT2D eigenvalue weighted by molar-refractivity contribution is 5.89. The van der Waals surface area contributed by atoms with Crippen molar-refractivity contribution in [2.45, 2.75) is 13.5 Å². The normalized spacial score (nSPS) is 10.1. The molecule has 2 aromatic rings. The van der Waals surface area contributed by atoms with Crippen LogP contribution in [0.1, 0.15) is 12.5 Å². The van der Waals surface area contributed by atoms with E-state index in [1.165, 1.54) is 25.1 Å². The van der Waals surface area contributed by atoms with Gasteiger partial charge in [0.15, 0.2) is 11.5 Å². The number of carbonyl (C=O) groups is 2. The first-order chi connectivity index (χ1) is 12.9. The SMILES string of the molecule is COc1ccc(CNC(=O)CNc2ccc(F)c(NC(C)=O)c2)cc1OC. The lowest BCUT2D eigenvalue weighted by atomic mass is 10.2. The monoisotopic (exact) mass is 375 g/mol. The van der Waals surface area contributed by atoms with Gasteiger partial charge in [-0.05, 0) is 35.9 Å². The molecule has 0 aliphatic carbocycles. The molecule has 0 atom stereocenters. The molecule has 2 rings (SSSR count). The zero-order valence-corrected chi connectivity index (χ0v) is 15.4. The zero-order chi connectivity index (χ0) is 19.8. The van der Waals surface area contributed by atoms with Crippen LogP contribution in [0.15, 0.2) is 36.4 Å². The molecule has 0 aliphatic heterocycles. The standard InChI is InChI=1S/C19H22FN3O4/c1-12(24)23-16-9-14(5-6-15(16)20)21-11-19(25)22-10-13-4-7-17(26-2)18(8-13)27-3/h4-9,21H,10-11H2,1-3H3,(H,22,25)(H,23,24). The number of hydrogen-bond acceptors (Lipinski definition) is 5. The molecule has 144 valence electrons. The Morgan fingerprint density at radius 2 is 1.78 bits per heavy atom. The second-order valence-corrected chi connectivity index (χ2v) is 5.70. The number of halogens is 1. The Morgan fingerprint density at radius 3 is 2.44 bits per heavy atom. The van der Waals surface area contributed by atoms with Crippen molar-refractivity contribution in [3.05, 3.63) is 47.8 Å². The average Bonchev–Trinajstić information content (AvgIpc) is 2.66. The van der Waals surface area contributed by atoms with Gasteiger partial charge in [-0.3, -0.25) is 9.59 Å². The Hall–Kier alpha value is -3.29. The van der Waals surface area contributed by atoms with Gasteiger partial charge in [-0.1, -0.05) is 6.07 Å². The van der Waals surface area contributed by atoms with E-state index in [4.69, 9.17) is 9.47 Å². The Kier molecular flexibility index (Phi) is 6.99. The van der Waals surface area contributed by atoms with Gasteiger partial charge < -0.3 is 25.4 Å². The van der Waals surface area contributed by atoms with E-state index < -0.39 is 5.82 Å². The van der Waals surface area contributed by atoms with Crippen LogP contribution in [0.4, 0.5) is 15.8 Å². The highest BCUT2D eigenvalue weighted by atomic mass is 19.1. The molecule has 0 saturated carbocycles. The fourth-order valence-corrected chi connectivity index (χ4v) is 2.36. The van der Waals surface area contributed by atoms with E-state index >= 15 is 0 Å². The van der Waals surface area contributed by atoms with Crippen LogP contribution in [0, 0.1) is 5.82 Å². The van der Waals surface area contributed by atoms with Gasteiger partial charge in [-0.2, -0.15) is 0 Å². The Balaban J connectivity index is 1.89. The van der Waals surface area contributed by atoms with Crippen molar-refractivity contribution in [1.82, 2.24) is 5.32 Å². The lowest BCUT2D eigenvalue weighted by molar-refractivity contribution is -0.119. The van der Waals surface area contributed by atoms with Crippen LogP contribution < -0.4 is 25.4 Å². The first-order valence-corrected chi connectivity index (χ1v) is 8.21. The van der Waals surface area contributed by atoms with Crippen LogP contribution in [0.2, 0.25) is 0 Å². The third-order valence-electron chi connectivity index (χ3n) is 3.67. The van der Waals surface area contributed by atoms with Gasteiger partial charge in [0, 0.05) is 19.2 Å². The first kappa shape index (κ1) is 20.0. The molecule has 2 amide bonds. The lowest BCUT2D eigenvalue weighted by Crippen LogP contribution is -2.29. The van der Waals surface area contributed by atoms with Gasteiger partial charge in [-0.25, -0.2) is 4.39 Å². The van der Waals surface area contributed by atoms with E-state index in [0.29, 0.717) is 23.7 Å². The van der Waals surface area contributed by atoms with E-state index in [-0.39, 0.29) is 24.0 Å². The van der Waals surface area contributed by atoms with Crippen LogP contribution in [0.25, 0.3) is 0 Å². The van der Waals surface area contributed by atoms with Crippen LogP contribution in [-0.4, -0.2) is 32.6 Å². The molecule has 0 aromatic heterocycles.